The second kappa shape index (κ2) is 6.24. The highest BCUT2D eigenvalue weighted by atomic mass is 19.1. The van der Waals surface area contributed by atoms with Crippen molar-refractivity contribution in [3.63, 3.8) is 0 Å². The van der Waals surface area contributed by atoms with E-state index in [-0.39, 0.29) is 11.3 Å². The number of ketones is 1. The Bertz CT molecular complexity index is 437. The Morgan fingerprint density at radius 3 is 1.95 bits per heavy atom. The predicted octanol–water partition coefficient (Wildman–Crippen LogP) is 3.66. The smallest absolute Gasteiger partial charge is 0.182 e. The molecule has 0 aromatic heterocycles. The molecule has 0 aliphatic heterocycles. The summed E-state index contributed by atoms with van der Waals surface area (Å²) in [6.07, 6.45) is 0.589. The van der Waals surface area contributed by atoms with Crippen molar-refractivity contribution in [2.24, 2.45) is 0 Å². The van der Waals surface area contributed by atoms with E-state index in [2.05, 4.69) is 0 Å². The van der Waals surface area contributed by atoms with Gasteiger partial charge in [-0.15, -0.1) is 0 Å². The van der Waals surface area contributed by atoms with Gasteiger partial charge in [-0.2, -0.15) is 0 Å². The number of nitrogens with zero attached hydrogens (tertiary/aromatic N) is 1. The summed E-state index contributed by atoms with van der Waals surface area (Å²) in [5, 5.41) is 0. The van der Waals surface area contributed by atoms with Crippen molar-refractivity contribution in [2.45, 2.75) is 39.7 Å². The third-order valence-corrected chi connectivity index (χ3v) is 3.76. The summed E-state index contributed by atoms with van der Waals surface area (Å²) in [5.41, 5.74) is -0.641. The van der Waals surface area contributed by atoms with Crippen molar-refractivity contribution in [3.8, 4) is 0 Å². The molecule has 0 saturated heterocycles. The minimum atomic E-state index is -0.732. The van der Waals surface area contributed by atoms with E-state index >= 15 is 0 Å². The molecule has 1 unspecified atom stereocenters. The summed E-state index contributed by atoms with van der Waals surface area (Å²) in [6.45, 7) is 9.10. The summed E-state index contributed by atoms with van der Waals surface area (Å²) < 4.78 is 26.5. The van der Waals surface area contributed by atoms with Crippen LogP contribution in [0, 0.1) is 11.6 Å². The van der Waals surface area contributed by atoms with Crippen LogP contribution in [0.4, 0.5) is 8.78 Å². The predicted molar refractivity (Wildman–Crippen MR) is 72.3 cm³/mol. The van der Waals surface area contributed by atoms with Crippen molar-refractivity contribution in [2.75, 3.05) is 13.1 Å². The molecule has 2 nitrogen and oxygen atoms in total. The molecule has 106 valence electrons. The molecule has 0 saturated carbocycles. The number of rotatable bonds is 6. The van der Waals surface area contributed by atoms with Crippen LogP contribution in [0.25, 0.3) is 0 Å². The largest absolute Gasteiger partial charge is 0.292 e. The van der Waals surface area contributed by atoms with Gasteiger partial charge in [0.15, 0.2) is 5.78 Å². The Labute approximate surface area is 113 Å². The van der Waals surface area contributed by atoms with Gasteiger partial charge in [-0.1, -0.05) is 20.8 Å². The first-order chi connectivity index (χ1) is 8.88. The maximum Gasteiger partial charge on any atom is 0.182 e. The Morgan fingerprint density at radius 2 is 1.58 bits per heavy atom. The number of hydrogen-bond acceptors (Lipinski definition) is 2. The van der Waals surface area contributed by atoms with Crippen LogP contribution in [0.5, 0.6) is 0 Å². The number of hydrogen-bond donors (Lipinski definition) is 0. The molecule has 0 bridgehead atoms. The van der Waals surface area contributed by atoms with Crippen LogP contribution < -0.4 is 0 Å². The lowest BCUT2D eigenvalue weighted by Crippen LogP contribution is -2.51. The van der Waals surface area contributed by atoms with Crippen molar-refractivity contribution in [1.29, 1.82) is 0 Å². The van der Waals surface area contributed by atoms with Gasteiger partial charge in [-0.25, -0.2) is 8.78 Å². The monoisotopic (exact) mass is 269 g/mol. The number of halogens is 2. The average Bonchev–Trinajstić information content (AvgIpc) is 2.37. The zero-order valence-corrected chi connectivity index (χ0v) is 12.0. The van der Waals surface area contributed by atoms with Gasteiger partial charge in [0.05, 0.1) is 5.54 Å². The maximum absolute atomic E-state index is 13.2. The van der Waals surface area contributed by atoms with Crippen LogP contribution in [0.15, 0.2) is 18.2 Å². The Morgan fingerprint density at radius 1 is 1.11 bits per heavy atom. The minimum absolute atomic E-state index is 0.0914. The lowest BCUT2D eigenvalue weighted by molar-refractivity contribution is 0.0607. The molecule has 1 aromatic carbocycles. The zero-order chi connectivity index (χ0) is 14.6. The van der Waals surface area contributed by atoms with Gasteiger partial charge in [0.25, 0.3) is 0 Å². The maximum atomic E-state index is 13.2. The van der Waals surface area contributed by atoms with Crippen LogP contribution in [-0.4, -0.2) is 29.3 Å². The van der Waals surface area contributed by atoms with Crippen LogP contribution in [0.1, 0.15) is 44.5 Å². The van der Waals surface area contributed by atoms with E-state index < -0.39 is 17.2 Å². The molecule has 19 heavy (non-hydrogen) atoms. The molecule has 1 atom stereocenters. The first-order valence-corrected chi connectivity index (χ1v) is 6.65. The first kappa shape index (κ1) is 15.8. The lowest BCUT2D eigenvalue weighted by atomic mass is 9.86. The van der Waals surface area contributed by atoms with E-state index in [1.807, 2.05) is 32.6 Å². The van der Waals surface area contributed by atoms with Crippen molar-refractivity contribution < 1.29 is 13.6 Å². The Kier molecular flexibility index (Phi) is 5.18. The quantitative estimate of drug-likeness (QED) is 0.735. The zero-order valence-electron chi connectivity index (χ0n) is 12.0. The van der Waals surface area contributed by atoms with Crippen LogP contribution in [0.2, 0.25) is 0 Å². The van der Waals surface area contributed by atoms with E-state index in [9.17, 15) is 13.6 Å². The molecule has 1 aromatic rings. The summed E-state index contributed by atoms with van der Waals surface area (Å²) in [6, 6.07) is 2.98. The van der Waals surface area contributed by atoms with Gasteiger partial charge in [0, 0.05) is 11.6 Å². The summed E-state index contributed by atoms with van der Waals surface area (Å²) in [4.78, 5) is 14.6. The lowest BCUT2D eigenvalue weighted by Gasteiger charge is -2.38. The van der Waals surface area contributed by atoms with Gasteiger partial charge >= 0.3 is 0 Å². The van der Waals surface area contributed by atoms with Crippen molar-refractivity contribution >= 4 is 5.78 Å². The fraction of sp³-hybridized carbons (Fsp3) is 0.533. The Hall–Kier alpha value is -1.29. The van der Waals surface area contributed by atoms with Gasteiger partial charge < -0.3 is 0 Å². The highest BCUT2D eigenvalue weighted by Gasteiger charge is 2.36. The highest BCUT2D eigenvalue weighted by molar-refractivity contribution is 6.03. The molecule has 4 heteroatoms. The molecule has 0 amide bonds. The van der Waals surface area contributed by atoms with Gasteiger partial charge in [0.1, 0.15) is 11.6 Å². The molecule has 1 rings (SSSR count). The molecular weight excluding hydrogens is 248 g/mol. The third kappa shape index (κ3) is 3.18. The highest BCUT2D eigenvalue weighted by Crippen LogP contribution is 2.25. The molecule has 0 heterocycles. The molecule has 0 N–H and O–H groups in total. The number of carbonyl (C=O) groups is 1. The van der Waals surface area contributed by atoms with Gasteiger partial charge in [0.2, 0.25) is 0 Å². The Balaban J connectivity index is 3.20. The van der Waals surface area contributed by atoms with Crippen LogP contribution >= 0.6 is 0 Å². The van der Waals surface area contributed by atoms with Crippen molar-refractivity contribution in [3.05, 3.63) is 35.4 Å². The van der Waals surface area contributed by atoms with Crippen LogP contribution in [-0.2, 0) is 0 Å². The molecule has 0 fully saturated rings. The molecular formula is C15H21F2NO. The first-order valence-electron chi connectivity index (χ1n) is 6.65. The number of likely N-dealkylation sites (N-methyl/N-ethyl adjacent to an activating group) is 1. The SMILES string of the molecule is CCN(CC)C(C)(CC)C(=O)c1cc(F)cc(F)c1. The van der Waals surface area contributed by atoms with E-state index in [1.54, 1.807) is 0 Å². The summed E-state index contributed by atoms with van der Waals surface area (Å²) >= 11 is 0. The average molecular weight is 269 g/mol. The third-order valence-electron chi connectivity index (χ3n) is 3.76. The van der Waals surface area contributed by atoms with Gasteiger partial charge in [-0.05, 0) is 38.6 Å². The van der Waals surface area contributed by atoms with Crippen molar-refractivity contribution in [1.82, 2.24) is 4.90 Å². The van der Waals surface area contributed by atoms with E-state index in [1.165, 1.54) is 0 Å². The minimum Gasteiger partial charge on any atom is -0.292 e. The fourth-order valence-corrected chi connectivity index (χ4v) is 2.45. The van der Waals surface area contributed by atoms with Gasteiger partial charge in [-0.3, -0.25) is 9.69 Å². The molecule has 0 spiro atoms. The molecule has 0 aliphatic carbocycles. The topological polar surface area (TPSA) is 20.3 Å². The van der Waals surface area contributed by atoms with Crippen LogP contribution in [0.3, 0.4) is 0 Å². The number of carbonyl (C=O) groups excluding carboxylic acids is 1. The van der Waals surface area contributed by atoms with E-state index in [4.69, 9.17) is 0 Å². The standard InChI is InChI=1S/C15H21F2NO/c1-5-15(4,18(6-2)7-3)14(19)11-8-12(16)10-13(17)9-11/h8-10H,5-7H2,1-4H3. The second-order valence-corrected chi connectivity index (χ2v) is 4.79. The number of Topliss-reactive ketones (excluding diaryl/α,β-unsaturated/α-hetero) is 1. The van der Waals surface area contributed by atoms with E-state index in [0.717, 1.165) is 18.2 Å². The second-order valence-electron chi connectivity index (χ2n) is 4.79. The molecule has 0 aliphatic rings. The summed E-state index contributed by atoms with van der Waals surface area (Å²) in [7, 11) is 0. The molecule has 0 radical (unpaired) electrons. The summed E-state index contributed by atoms with van der Waals surface area (Å²) in [5.74, 6) is -1.68. The number of benzene rings is 1. The van der Waals surface area contributed by atoms with E-state index in [0.29, 0.717) is 19.5 Å². The fourth-order valence-electron chi connectivity index (χ4n) is 2.45. The normalized spacial score (nSPS) is 14.5.